The molecule has 0 bridgehead atoms. The zero-order valence-electron chi connectivity index (χ0n) is 9.92. The third kappa shape index (κ3) is 1.94. The van der Waals surface area contributed by atoms with Gasteiger partial charge in [0.2, 0.25) is 0 Å². The molecule has 0 atom stereocenters. The molecule has 1 fully saturated rings. The summed E-state index contributed by atoms with van der Waals surface area (Å²) in [5.74, 6) is 3.24. The van der Waals surface area contributed by atoms with Crippen molar-refractivity contribution in [2.75, 3.05) is 7.11 Å². The molecule has 1 rings (SSSR count). The Morgan fingerprint density at radius 1 is 1.21 bits per heavy atom. The third-order valence-corrected chi connectivity index (χ3v) is 3.01. The average Bonchev–Trinajstić information content (AvgIpc) is 2.00. The molecule has 1 aliphatic rings. The quantitative estimate of drug-likeness (QED) is 0.596. The molecule has 0 radical (unpaired) electrons. The lowest BCUT2D eigenvalue weighted by atomic mass is 9.76. The number of hydrogen-bond donors (Lipinski definition) is 0. The maximum atomic E-state index is 5.52. The van der Waals surface area contributed by atoms with Crippen molar-refractivity contribution < 1.29 is 4.84 Å². The summed E-state index contributed by atoms with van der Waals surface area (Å²) in [5.41, 5.74) is 0.0427. The molecule has 1 saturated heterocycles. The molecule has 14 heavy (non-hydrogen) atoms. The van der Waals surface area contributed by atoms with E-state index in [1.807, 2.05) is 0 Å². The van der Waals surface area contributed by atoms with Crippen molar-refractivity contribution in [2.45, 2.75) is 51.6 Å². The number of terminal acetylenes is 1. The topological polar surface area (TPSA) is 12.5 Å². The molecule has 0 aliphatic carbocycles. The smallest absolute Gasteiger partial charge is 0.0575 e. The zero-order valence-corrected chi connectivity index (χ0v) is 9.92. The molecule has 0 spiro atoms. The number of piperidine rings is 1. The highest BCUT2D eigenvalue weighted by Crippen LogP contribution is 2.40. The van der Waals surface area contributed by atoms with Crippen LogP contribution in [0.25, 0.3) is 0 Å². The van der Waals surface area contributed by atoms with E-state index < -0.39 is 0 Å². The Bertz CT molecular complexity index is 232. The number of nitrogens with zero attached hydrogens (tertiary/aromatic N) is 1. The lowest BCUT2D eigenvalue weighted by Crippen LogP contribution is -2.59. The summed E-state index contributed by atoms with van der Waals surface area (Å²) < 4.78 is 0. The predicted molar refractivity (Wildman–Crippen MR) is 58.6 cm³/mol. The molecule has 0 aromatic rings. The van der Waals surface area contributed by atoms with Gasteiger partial charge in [-0.2, -0.15) is 5.06 Å². The van der Waals surface area contributed by atoms with E-state index in [4.69, 9.17) is 11.3 Å². The second kappa shape index (κ2) is 3.56. The third-order valence-electron chi connectivity index (χ3n) is 3.01. The molecule has 2 nitrogen and oxygen atoms in total. The maximum absolute atomic E-state index is 5.52. The van der Waals surface area contributed by atoms with Gasteiger partial charge >= 0.3 is 0 Å². The summed E-state index contributed by atoms with van der Waals surface area (Å²) >= 11 is 0. The van der Waals surface area contributed by atoms with E-state index in [0.29, 0.717) is 5.92 Å². The molecular formula is C12H21NO. The maximum Gasteiger partial charge on any atom is 0.0575 e. The number of hydroxylamine groups is 2. The number of hydrogen-bond acceptors (Lipinski definition) is 2. The van der Waals surface area contributed by atoms with Crippen molar-refractivity contribution in [3.63, 3.8) is 0 Å². The molecule has 0 aromatic carbocycles. The summed E-state index contributed by atoms with van der Waals surface area (Å²) in [6.45, 7) is 8.73. The second-order valence-electron chi connectivity index (χ2n) is 5.37. The van der Waals surface area contributed by atoms with Gasteiger partial charge in [0, 0.05) is 17.0 Å². The Balaban J connectivity index is 2.94. The highest BCUT2D eigenvalue weighted by molar-refractivity contribution is 5.05. The Hall–Kier alpha value is -0.520. The molecule has 2 heteroatoms. The fourth-order valence-corrected chi connectivity index (χ4v) is 2.88. The van der Waals surface area contributed by atoms with Crippen LogP contribution in [0.15, 0.2) is 0 Å². The van der Waals surface area contributed by atoms with Crippen molar-refractivity contribution >= 4 is 0 Å². The summed E-state index contributed by atoms with van der Waals surface area (Å²) in [6, 6.07) is 0. The van der Waals surface area contributed by atoms with Crippen LogP contribution >= 0.6 is 0 Å². The Kier molecular flexibility index (Phi) is 2.94. The minimum absolute atomic E-state index is 0.0214. The summed E-state index contributed by atoms with van der Waals surface area (Å²) in [4.78, 5) is 5.48. The monoisotopic (exact) mass is 195 g/mol. The highest BCUT2D eigenvalue weighted by Gasteiger charge is 2.45. The van der Waals surface area contributed by atoms with Gasteiger partial charge in [-0.05, 0) is 40.5 Å². The van der Waals surface area contributed by atoms with Gasteiger partial charge in [-0.15, -0.1) is 12.3 Å². The van der Waals surface area contributed by atoms with Crippen LogP contribution in [0.5, 0.6) is 0 Å². The standard InChI is InChI=1S/C12H21NO/c1-7-10-8-11(2,3)13(14-6)12(4,5)9-10/h1,10H,8-9H2,2-6H3. The highest BCUT2D eigenvalue weighted by atomic mass is 16.7. The van der Waals surface area contributed by atoms with Crippen LogP contribution in [0, 0.1) is 18.3 Å². The van der Waals surface area contributed by atoms with Gasteiger partial charge in [0.25, 0.3) is 0 Å². The Morgan fingerprint density at radius 2 is 1.64 bits per heavy atom. The number of rotatable bonds is 1. The fourth-order valence-electron chi connectivity index (χ4n) is 2.88. The SMILES string of the molecule is C#CC1CC(C)(C)N(OC)C(C)(C)C1. The summed E-state index contributed by atoms with van der Waals surface area (Å²) in [7, 11) is 1.74. The first-order valence-corrected chi connectivity index (χ1v) is 5.14. The molecule has 0 unspecified atom stereocenters. The minimum atomic E-state index is 0.0214. The van der Waals surface area contributed by atoms with Crippen LogP contribution < -0.4 is 0 Å². The molecule has 0 N–H and O–H groups in total. The van der Waals surface area contributed by atoms with E-state index >= 15 is 0 Å². The van der Waals surface area contributed by atoms with Gasteiger partial charge < -0.3 is 4.84 Å². The van der Waals surface area contributed by atoms with Crippen LogP contribution in [0.4, 0.5) is 0 Å². The van der Waals surface area contributed by atoms with Crippen molar-refractivity contribution in [2.24, 2.45) is 5.92 Å². The lowest BCUT2D eigenvalue weighted by molar-refractivity contribution is -0.268. The van der Waals surface area contributed by atoms with Gasteiger partial charge in [0.05, 0.1) is 7.11 Å². The molecule has 0 saturated carbocycles. The van der Waals surface area contributed by atoms with Crippen molar-refractivity contribution in [3.8, 4) is 12.3 Å². The lowest BCUT2D eigenvalue weighted by Gasteiger charge is -2.52. The van der Waals surface area contributed by atoms with Gasteiger partial charge in [-0.3, -0.25) is 0 Å². The molecule has 1 aliphatic heterocycles. The van der Waals surface area contributed by atoms with Crippen LogP contribution in [0.2, 0.25) is 0 Å². The van der Waals surface area contributed by atoms with Gasteiger partial charge in [0.1, 0.15) is 0 Å². The van der Waals surface area contributed by atoms with Crippen molar-refractivity contribution in [1.82, 2.24) is 5.06 Å². The summed E-state index contributed by atoms with van der Waals surface area (Å²) in [5, 5.41) is 2.08. The van der Waals surface area contributed by atoms with Crippen molar-refractivity contribution in [3.05, 3.63) is 0 Å². The zero-order chi connectivity index (χ0) is 11.0. The molecule has 0 amide bonds. The van der Waals surface area contributed by atoms with E-state index in [1.165, 1.54) is 0 Å². The van der Waals surface area contributed by atoms with E-state index in [0.717, 1.165) is 12.8 Å². The Labute approximate surface area is 87.6 Å². The minimum Gasteiger partial charge on any atom is -0.301 e. The first kappa shape index (κ1) is 11.6. The van der Waals surface area contributed by atoms with E-state index in [9.17, 15) is 0 Å². The largest absolute Gasteiger partial charge is 0.301 e. The first-order chi connectivity index (χ1) is 6.33. The Morgan fingerprint density at radius 3 is 1.93 bits per heavy atom. The second-order valence-corrected chi connectivity index (χ2v) is 5.37. The van der Waals surface area contributed by atoms with E-state index in [1.54, 1.807) is 7.11 Å². The first-order valence-electron chi connectivity index (χ1n) is 5.14. The van der Waals surface area contributed by atoms with Crippen LogP contribution in [0.1, 0.15) is 40.5 Å². The van der Waals surface area contributed by atoms with E-state index in [-0.39, 0.29) is 11.1 Å². The van der Waals surface area contributed by atoms with Gasteiger partial charge in [0.15, 0.2) is 0 Å². The van der Waals surface area contributed by atoms with E-state index in [2.05, 4.69) is 38.7 Å². The molecular weight excluding hydrogens is 174 g/mol. The van der Waals surface area contributed by atoms with Crippen LogP contribution in [-0.4, -0.2) is 23.3 Å². The molecule has 0 aromatic heterocycles. The van der Waals surface area contributed by atoms with Gasteiger partial charge in [-0.25, -0.2) is 0 Å². The average molecular weight is 195 g/mol. The summed E-state index contributed by atoms with van der Waals surface area (Å²) in [6.07, 6.45) is 7.52. The predicted octanol–water partition coefficient (Wildman–Crippen LogP) is 2.45. The normalized spacial score (nSPS) is 27.1. The van der Waals surface area contributed by atoms with Crippen LogP contribution in [0.3, 0.4) is 0 Å². The van der Waals surface area contributed by atoms with Crippen LogP contribution in [-0.2, 0) is 4.84 Å². The fraction of sp³-hybridized carbons (Fsp3) is 0.833. The molecule has 1 heterocycles. The van der Waals surface area contributed by atoms with Gasteiger partial charge in [-0.1, -0.05) is 0 Å². The molecule has 80 valence electrons. The van der Waals surface area contributed by atoms with Crippen molar-refractivity contribution in [1.29, 1.82) is 0 Å².